The molecule has 14 heavy (non-hydrogen) atoms. The first-order chi connectivity index (χ1) is 6.77. The second kappa shape index (κ2) is 3.38. The standard InChI is InChI=1S/C11H11FN2/c12-9-3-4-10(14-7-9)11(8-13)5-1-2-6-11/h3-4,7H,1-2,5-6H2. The van der Waals surface area contributed by atoms with Crippen molar-refractivity contribution in [1.82, 2.24) is 4.98 Å². The molecule has 0 N–H and O–H groups in total. The first-order valence-corrected chi connectivity index (χ1v) is 4.80. The normalized spacial score (nSPS) is 19.1. The molecule has 0 saturated heterocycles. The van der Waals surface area contributed by atoms with Crippen LogP contribution in [0.25, 0.3) is 0 Å². The van der Waals surface area contributed by atoms with E-state index < -0.39 is 5.41 Å². The number of rotatable bonds is 1. The summed E-state index contributed by atoms with van der Waals surface area (Å²) in [5, 5.41) is 9.16. The van der Waals surface area contributed by atoms with E-state index in [0.717, 1.165) is 31.4 Å². The van der Waals surface area contributed by atoms with E-state index in [9.17, 15) is 4.39 Å². The molecule has 1 fully saturated rings. The Labute approximate surface area is 82.4 Å². The van der Waals surface area contributed by atoms with Gasteiger partial charge in [-0.05, 0) is 25.0 Å². The van der Waals surface area contributed by atoms with Crippen molar-refractivity contribution in [3.8, 4) is 6.07 Å². The van der Waals surface area contributed by atoms with Gasteiger partial charge < -0.3 is 0 Å². The highest BCUT2D eigenvalue weighted by molar-refractivity contribution is 5.27. The van der Waals surface area contributed by atoms with Crippen LogP contribution in [0.15, 0.2) is 18.3 Å². The van der Waals surface area contributed by atoms with Gasteiger partial charge in [0.2, 0.25) is 0 Å². The van der Waals surface area contributed by atoms with Gasteiger partial charge in [0, 0.05) is 0 Å². The Kier molecular flexibility index (Phi) is 2.20. The van der Waals surface area contributed by atoms with Gasteiger partial charge in [-0.2, -0.15) is 5.26 Å². The molecule has 1 aromatic rings. The first kappa shape index (κ1) is 9.14. The summed E-state index contributed by atoms with van der Waals surface area (Å²) in [6.07, 6.45) is 5.01. The molecule has 0 amide bonds. The van der Waals surface area contributed by atoms with Crippen molar-refractivity contribution in [2.75, 3.05) is 0 Å². The highest BCUT2D eigenvalue weighted by Gasteiger charge is 2.36. The maximum absolute atomic E-state index is 12.7. The van der Waals surface area contributed by atoms with Crippen LogP contribution in [0, 0.1) is 17.1 Å². The summed E-state index contributed by atoms with van der Waals surface area (Å²) in [5.41, 5.74) is 0.271. The molecule has 1 heterocycles. The van der Waals surface area contributed by atoms with Crippen LogP contribution in [0.2, 0.25) is 0 Å². The van der Waals surface area contributed by atoms with E-state index in [1.54, 1.807) is 6.07 Å². The van der Waals surface area contributed by atoms with E-state index in [0.29, 0.717) is 0 Å². The third-order valence-corrected chi connectivity index (χ3v) is 2.89. The zero-order valence-corrected chi connectivity index (χ0v) is 7.83. The zero-order chi connectivity index (χ0) is 10.0. The quantitative estimate of drug-likeness (QED) is 0.682. The second-order valence-corrected chi connectivity index (χ2v) is 3.76. The van der Waals surface area contributed by atoms with Gasteiger partial charge in [-0.25, -0.2) is 4.39 Å². The highest BCUT2D eigenvalue weighted by atomic mass is 19.1. The summed E-state index contributed by atoms with van der Waals surface area (Å²) < 4.78 is 12.7. The molecule has 0 aliphatic heterocycles. The maximum Gasteiger partial charge on any atom is 0.141 e. The van der Waals surface area contributed by atoms with Gasteiger partial charge in [-0.1, -0.05) is 12.8 Å². The average molecular weight is 190 g/mol. The summed E-state index contributed by atoms with van der Waals surface area (Å²) in [4.78, 5) is 4.01. The molecule has 2 rings (SSSR count). The summed E-state index contributed by atoms with van der Waals surface area (Å²) in [7, 11) is 0. The molecule has 1 aromatic heterocycles. The van der Waals surface area contributed by atoms with Crippen molar-refractivity contribution in [3.63, 3.8) is 0 Å². The predicted molar refractivity (Wildman–Crippen MR) is 50.0 cm³/mol. The van der Waals surface area contributed by atoms with E-state index in [1.807, 2.05) is 0 Å². The van der Waals surface area contributed by atoms with Gasteiger partial charge in [-0.15, -0.1) is 0 Å². The van der Waals surface area contributed by atoms with Gasteiger partial charge in [0.05, 0.1) is 23.4 Å². The lowest BCUT2D eigenvalue weighted by Gasteiger charge is -2.18. The highest BCUT2D eigenvalue weighted by Crippen LogP contribution is 2.39. The van der Waals surface area contributed by atoms with E-state index in [2.05, 4.69) is 11.1 Å². The minimum absolute atomic E-state index is 0.347. The third kappa shape index (κ3) is 1.37. The molecule has 0 bridgehead atoms. The lowest BCUT2D eigenvalue weighted by Crippen LogP contribution is -2.20. The number of nitriles is 1. The average Bonchev–Trinajstić information content (AvgIpc) is 2.68. The monoisotopic (exact) mass is 190 g/mol. The zero-order valence-electron chi connectivity index (χ0n) is 7.83. The van der Waals surface area contributed by atoms with E-state index in [1.165, 1.54) is 12.3 Å². The molecule has 1 aliphatic carbocycles. The molecular formula is C11H11FN2. The van der Waals surface area contributed by atoms with Crippen LogP contribution in [0.3, 0.4) is 0 Å². The lowest BCUT2D eigenvalue weighted by atomic mass is 9.84. The molecule has 3 heteroatoms. The molecule has 1 saturated carbocycles. The fourth-order valence-electron chi connectivity index (χ4n) is 2.06. The van der Waals surface area contributed by atoms with Crippen molar-refractivity contribution in [2.45, 2.75) is 31.1 Å². The number of nitrogens with zero attached hydrogens (tertiary/aromatic N) is 2. The van der Waals surface area contributed by atoms with Crippen molar-refractivity contribution < 1.29 is 4.39 Å². The van der Waals surface area contributed by atoms with E-state index >= 15 is 0 Å². The molecule has 1 aliphatic rings. The largest absolute Gasteiger partial charge is 0.257 e. The van der Waals surface area contributed by atoms with Crippen molar-refractivity contribution in [2.24, 2.45) is 0 Å². The molecule has 0 unspecified atom stereocenters. The third-order valence-electron chi connectivity index (χ3n) is 2.89. The molecule has 0 atom stereocenters. The number of halogens is 1. The van der Waals surface area contributed by atoms with Crippen LogP contribution in [0.4, 0.5) is 4.39 Å². The smallest absolute Gasteiger partial charge is 0.141 e. The summed E-state index contributed by atoms with van der Waals surface area (Å²) in [5.74, 6) is -0.347. The molecule has 0 radical (unpaired) electrons. The van der Waals surface area contributed by atoms with Crippen LogP contribution in [-0.4, -0.2) is 4.98 Å². The number of aromatic nitrogens is 1. The van der Waals surface area contributed by atoms with Crippen LogP contribution in [0.1, 0.15) is 31.4 Å². The van der Waals surface area contributed by atoms with Crippen LogP contribution < -0.4 is 0 Å². The van der Waals surface area contributed by atoms with Crippen molar-refractivity contribution in [3.05, 3.63) is 29.8 Å². The van der Waals surface area contributed by atoms with Gasteiger partial charge in [0.25, 0.3) is 0 Å². The van der Waals surface area contributed by atoms with E-state index in [4.69, 9.17) is 5.26 Å². The van der Waals surface area contributed by atoms with Crippen molar-refractivity contribution >= 4 is 0 Å². The van der Waals surface area contributed by atoms with Crippen LogP contribution >= 0.6 is 0 Å². The van der Waals surface area contributed by atoms with Gasteiger partial charge in [-0.3, -0.25) is 4.98 Å². The van der Waals surface area contributed by atoms with Gasteiger partial charge >= 0.3 is 0 Å². The maximum atomic E-state index is 12.7. The minimum Gasteiger partial charge on any atom is -0.257 e. The lowest BCUT2D eigenvalue weighted by molar-refractivity contribution is 0.546. The van der Waals surface area contributed by atoms with Crippen LogP contribution in [-0.2, 0) is 5.41 Å². The second-order valence-electron chi connectivity index (χ2n) is 3.76. The Morgan fingerprint density at radius 3 is 2.57 bits per heavy atom. The van der Waals surface area contributed by atoms with E-state index in [-0.39, 0.29) is 5.82 Å². The number of hydrogen-bond acceptors (Lipinski definition) is 2. The molecule has 2 nitrogen and oxygen atoms in total. The van der Waals surface area contributed by atoms with Gasteiger partial charge in [0.1, 0.15) is 5.82 Å². The molecule has 72 valence electrons. The minimum atomic E-state index is -0.451. The Balaban J connectivity index is 2.37. The number of pyridine rings is 1. The Bertz CT molecular complexity index is 358. The van der Waals surface area contributed by atoms with Crippen LogP contribution in [0.5, 0.6) is 0 Å². The summed E-state index contributed by atoms with van der Waals surface area (Å²) >= 11 is 0. The van der Waals surface area contributed by atoms with Gasteiger partial charge in [0.15, 0.2) is 0 Å². The Morgan fingerprint density at radius 1 is 1.36 bits per heavy atom. The fraction of sp³-hybridized carbons (Fsp3) is 0.455. The molecular weight excluding hydrogens is 179 g/mol. The topological polar surface area (TPSA) is 36.7 Å². The number of hydrogen-bond donors (Lipinski definition) is 0. The summed E-state index contributed by atoms with van der Waals surface area (Å²) in [6.45, 7) is 0. The predicted octanol–water partition coefficient (Wildman–Crippen LogP) is 2.56. The molecule has 0 aromatic carbocycles. The molecule has 0 spiro atoms. The Hall–Kier alpha value is -1.43. The Morgan fingerprint density at radius 2 is 2.07 bits per heavy atom. The fourth-order valence-corrected chi connectivity index (χ4v) is 2.06. The summed E-state index contributed by atoms with van der Waals surface area (Å²) in [6, 6.07) is 5.33. The SMILES string of the molecule is N#CC1(c2ccc(F)cn2)CCCC1. The first-order valence-electron chi connectivity index (χ1n) is 4.80. The van der Waals surface area contributed by atoms with Crippen molar-refractivity contribution in [1.29, 1.82) is 5.26 Å².